The minimum absolute atomic E-state index is 0.241. The van der Waals surface area contributed by atoms with E-state index in [4.69, 9.17) is 4.74 Å². The van der Waals surface area contributed by atoms with Gasteiger partial charge in [0.05, 0.1) is 23.5 Å². The van der Waals surface area contributed by atoms with Crippen molar-refractivity contribution in [3.63, 3.8) is 0 Å². The Kier molecular flexibility index (Phi) is 6.35. The lowest BCUT2D eigenvalue weighted by molar-refractivity contribution is -0.147. The Morgan fingerprint density at radius 2 is 1.57 bits per heavy atom. The number of amides is 1. The first-order valence-corrected chi connectivity index (χ1v) is 12.0. The third-order valence-electron chi connectivity index (χ3n) is 6.67. The number of carbonyl (C=O) groups excluding carboxylic acids is 2. The van der Waals surface area contributed by atoms with Crippen molar-refractivity contribution in [3.05, 3.63) is 81.3 Å². The van der Waals surface area contributed by atoms with E-state index in [1.54, 1.807) is 11.8 Å². The number of esters is 1. The monoisotopic (exact) mass is 472 g/mol. The van der Waals surface area contributed by atoms with Gasteiger partial charge in [-0.25, -0.2) is 4.98 Å². The van der Waals surface area contributed by atoms with Gasteiger partial charge >= 0.3 is 5.97 Å². The van der Waals surface area contributed by atoms with Gasteiger partial charge in [0.2, 0.25) is 5.95 Å². The van der Waals surface area contributed by atoms with E-state index in [0.29, 0.717) is 11.6 Å². The van der Waals surface area contributed by atoms with Crippen molar-refractivity contribution in [2.45, 2.75) is 39.0 Å². The Hall–Kier alpha value is -3.94. The van der Waals surface area contributed by atoms with Crippen LogP contribution in [0, 0.1) is 6.92 Å². The van der Waals surface area contributed by atoms with E-state index in [1.807, 2.05) is 53.4 Å². The molecule has 0 aliphatic carbocycles. The number of rotatable bonds is 5. The first kappa shape index (κ1) is 22.8. The molecule has 2 aliphatic rings. The van der Waals surface area contributed by atoms with Crippen LogP contribution in [0.5, 0.6) is 0 Å². The molecule has 0 bridgehead atoms. The molecular formula is C27H28N4O4. The first-order valence-electron chi connectivity index (χ1n) is 12.0. The second-order valence-corrected chi connectivity index (χ2v) is 8.97. The van der Waals surface area contributed by atoms with Gasteiger partial charge in [0.15, 0.2) is 6.61 Å². The smallest absolute Gasteiger partial charge is 0.311 e. The van der Waals surface area contributed by atoms with Crippen molar-refractivity contribution in [2.24, 2.45) is 0 Å². The second kappa shape index (κ2) is 9.74. The lowest BCUT2D eigenvalue weighted by Crippen LogP contribution is -2.32. The number of aromatic nitrogens is 2. The fourth-order valence-electron chi connectivity index (χ4n) is 4.83. The van der Waals surface area contributed by atoms with Crippen molar-refractivity contribution in [2.75, 3.05) is 29.5 Å². The predicted molar refractivity (Wildman–Crippen MR) is 133 cm³/mol. The molecule has 5 rings (SSSR count). The fourth-order valence-corrected chi connectivity index (χ4v) is 4.83. The highest BCUT2D eigenvalue weighted by Crippen LogP contribution is 2.36. The number of fused-ring (bicyclic) bond motifs is 2. The van der Waals surface area contributed by atoms with E-state index in [-0.39, 0.29) is 23.5 Å². The number of nitrogens with one attached hydrogen (secondary N) is 1. The minimum Gasteiger partial charge on any atom is -0.455 e. The third kappa shape index (κ3) is 4.69. The third-order valence-corrected chi connectivity index (χ3v) is 6.67. The maximum absolute atomic E-state index is 13.3. The van der Waals surface area contributed by atoms with E-state index >= 15 is 0 Å². The average molecular weight is 473 g/mol. The van der Waals surface area contributed by atoms with Crippen molar-refractivity contribution >= 4 is 29.2 Å². The Morgan fingerprint density at radius 1 is 0.971 bits per heavy atom. The summed E-state index contributed by atoms with van der Waals surface area (Å²) in [5.41, 5.74) is 4.13. The largest absolute Gasteiger partial charge is 0.455 e. The number of nitrogens with zero attached hydrogens (tertiary/aromatic N) is 3. The highest BCUT2D eigenvalue weighted by molar-refractivity contribution is 6.03. The van der Waals surface area contributed by atoms with E-state index in [1.165, 1.54) is 0 Å². The SMILES string of the molecule is Cc1nc(N2CCCC2)[nH]c(=O)c1CC(=O)OCC(=O)N1c2ccccc2CCc2ccccc21. The molecule has 1 saturated heterocycles. The number of aromatic amines is 1. The molecule has 35 heavy (non-hydrogen) atoms. The average Bonchev–Trinajstić information content (AvgIpc) is 3.34. The minimum atomic E-state index is -0.640. The van der Waals surface area contributed by atoms with Crippen LogP contribution in [-0.2, 0) is 33.6 Å². The molecule has 1 amide bonds. The van der Waals surface area contributed by atoms with Crippen LogP contribution in [-0.4, -0.2) is 41.5 Å². The molecule has 1 fully saturated rings. The van der Waals surface area contributed by atoms with E-state index in [9.17, 15) is 14.4 Å². The van der Waals surface area contributed by atoms with Crippen molar-refractivity contribution < 1.29 is 14.3 Å². The molecule has 8 nitrogen and oxygen atoms in total. The Labute approximate surface area is 203 Å². The fraction of sp³-hybridized carbons (Fsp3) is 0.333. The zero-order chi connectivity index (χ0) is 24.4. The molecule has 3 aromatic rings. The highest BCUT2D eigenvalue weighted by atomic mass is 16.5. The molecule has 1 aromatic heterocycles. The van der Waals surface area contributed by atoms with Crippen LogP contribution in [0.25, 0.3) is 0 Å². The Morgan fingerprint density at radius 3 is 2.17 bits per heavy atom. The highest BCUT2D eigenvalue weighted by Gasteiger charge is 2.27. The molecule has 0 saturated carbocycles. The van der Waals surface area contributed by atoms with E-state index < -0.39 is 12.6 Å². The first-order chi connectivity index (χ1) is 17.0. The zero-order valence-electron chi connectivity index (χ0n) is 19.8. The number of anilines is 3. The number of hydrogen-bond donors (Lipinski definition) is 1. The predicted octanol–water partition coefficient (Wildman–Crippen LogP) is 3.23. The topological polar surface area (TPSA) is 95.6 Å². The summed E-state index contributed by atoms with van der Waals surface area (Å²) >= 11 is 0. The summed E-state index contributed by atoms with van der Waals surface area (Å²) in [7, 11) is 0. The molecule has 1 N–H and O–H groups in total. The molecule has 2 aliphatic heterocycles. The van der Waals surface area contributed by atoms with Crippen LogP contribution >= 0.6 is 0 Å². The lowest BCUT2D eigenvalue weighted by atomic mass is 10.0. The van der Waals surface area contributed by atoms with Gasteiger partial charge in [0, 0.05) is 18.7 Å². The molecule has 0 atom stereocenters. The standard InChI is InChI=1S/C27H28N4O4/c1-18-21(26(34)29-27(28-18)30-14-6-7-15-30)16-25(33)35-17-24(32)31-22-10-4-2-8-19(22)12-13-20-9-3-5-11-23(20)31/h2-5,8-11H,6-7,12-17H2,1H3,(H,28,29,34). The summed E-state index contributed by atoms with van der Waals surface area (Å²) in [6.07, 6.45) is 3.53. The number of aryl methyl sites for hydroxylation is 3. The zero-order valence-corrected chi connectivity index (χ0v) is 19.8. The summed E-state index contributed by atoms with van der Waals surface area (Å²) in [6, 6.07) is 15.6. The van der Waals surface area contributed by atoms with E-state index in [0.717, 1.165) is 61.3 Å². The molecule has 3 heterocycles. The molecule has 0 radical (unpaired) electrons. The Balaban J connectivity index is 1.31. The maximum atomic E-state index is 13.3. The summed E-state index contributed by atoms with van der Waals surface area (Å²) in [6.45, 7) is 3.01. The van der Waals surface area contributed by atoms with Gasteiger partial charge in [0.25, 0.3) is 11.5 Å². The molecule has 180 valence electrons. The van der Waals surface area contributed by atoms with Crippen LogP contribution in [0.15, 0.2) is 53.3 Å². The number of benzene rings is 2. The van der Waals surface area contributed by atoms with Crippen molar-refractivity contribution in [1.29, 1.82) is 0 Å². The summed E-state index contributed by atoms with van der Waals surface area (Å²) < 4.78 is 5.35. The number of hydrogen-bond acceptors (Lipinski definition) is 6. The van der Waals surface area contributed by atoms with Gasteiger partial charge in [-0.1, -0.05) is 36.4 Å². The second-order valence-electron chi connectivity index (χ2n) is 8.97. The number of carbonyl (C=O) groups is 2. The Bertz CT molecular complexity index is 1280. The van der Waals surface area contributed by atoms with Gasteiger partial charge in [-0.2, -0.15) is 0 Å². The number of ether oxygens (including phenoxy) is 1. The van der Waals surface area contributed by atoms with Crippen LogP contribution in [0.4, 0.5) is 17.3 Å². The van der Waals surface area contributed by atoms with Crippen LogP contribution < -0.4 is 15.4 Å². The summed E-state index contributed by atoms with van der Waals surface area (Å²) in [5, 5.41) is 0. The van der Waals surface area contributed by atoms with Gasteiger partial charge in [-0.15, -0.1) is 0 Å². The number of H-pyrrole nitrogens is 1. The normalized spacial score (nSPS) is 14.8. The van der Waals surface area contributed by atoms with Crippen molar-refractivity contribution in [1.82, 2.24) is 9.97 Å². The molecule has 0 unspecified atom stereocenters. The molecule has 2 aromatic carbocycles. The van der Waals surface area contributed by atoms with Crippen LogP contribution in [0.1, 0.15) is 35.2 Å². The lowest BCUT2D eigenvalue weighted by Gasteiger charge is -2.24. The van der Waals surface area contributed by atoms with Gasteiger partial charge < -0.3 is 9.64 Å². The summed E-state index contributed by atoms with van der Waals surface area (Å²) in [5.74, 6) is -0.442. The quantitative estimate of drug-likeness (QED) is 0.573. The maximum Gasteiger partial charge on any atom is 0.311 e. The van der Waals surface area contributed by atoms with Crippen LogP contribution in [0.2, 0.25) is 0 Å². The van der Waals surface area contributed by atoms with Crippen LogP contribution in [0.3, 0.4) is 0 Å². The molecule has 8 heteroatoms. The van der Waals surface area contributed by atoms with Crippen molar-refractivity contribution in [3.8, 4) is 0 Å². The van der Waals surface area contributed by atoms with E-state index in [2.05, 4.69) is 9.97 Å². The molecular weight excluding hydrogens is 444 g/mol. The van der Waals surface area contributed by atoms with Gasteiger partial charge in [-0.3, -0.25) is 24.3 Å². The van der Waals surface area contributed by atoms with Gasteiger partial charge in [0.1, 0.15) is 0 Å². The van der Waals surface area contributed by atoms with Gasteiger partial charge in [-0.05, 0) is 55.9 Å². The molecule has 0 spiro atoms. The number of para-hydroxylation sites is 2. The summed E-state index contributed by atoms with van der Waals surface area (Å²) in [4.78, 5) is 49.5.